The van der Waals surface area contributed by atoms with Crippen molar-refractivity contribution >= 4 is 17.5 Å². The number of ether oxygens (including phenoxy) is 1. The smallest absolute Gasteiger partial charge is 0.249 e. The molecule has 1 aromatic carbocycles. The number of fused-ring (bicyclic) bond motifs is 1. The van der Waals surface area contributed by atoms with E-state index in [1.807, 2.05) is 0 Å². The number of carbonyl (C=O) groups excluding carboxylic acids is 1. The van der Waals surface area contributed by atoms with Crippen molar-refractivity contribution in [1.29, 1.82) is 0 Å². The van der Waals surface area contributed by atoms with Crippen molar-refractivity contribution in [3.63, 3.8) is 0 Å². The standard InChI is InChI=1S/C19H17FN6O2/c1-2-28-15-6-3-5-14(18(15)20)13-7-8-16-22-19(24-26(16)11-13)23-17(27)12-25-10-4-9-21-25/h3-11H,2,12H2,1H3,(H,23,24,27). The quantitative estimate of drug-likeness (QED) is 0.556. The molecule has 0 unspecified atom stereocenters. The molecule has 0 spiro atoms. The monoisotopic (exact) mass is 380 g/mol. The average Bonchev–Trinajstić information content (AvgIpc) is 3.32. The van der Waals surface area contributed by atoms with E-state index in [4.69, 9.17) is 4.74 Å². The largest absolute Gasteiger partial charge is 0.491 e. The number of aromatic nitrogens is 5. The van der Waals surface area contributed by atoms with Crippen molar-refractivity contribution in [2.45, 2.75) is 13.5 Å². The maximum absolute atomic E-state index is 14.7. The number of pyridine rings is 1. The lowest BCUT2D eigenvalue weighted by Gasteiger charge is -2.09. The molecule has 0 atom stereocenters. The molecular weight excluding hydrogens is 363 g/mol. The first-order valence-electron chi connectivity index (χ1n) is 8.69. The van der Waals surface area contributed by atoms with Crippen molar-refractivity contribution in [1.82, 2.24) is 24.4 Å². The summed E-state index contributed by atoms with van der Waals surface area (Å²) in [5.41, 5.74) is 1.54. The zero-order chi connectivity index (χ0) is 19.5. The third-order valence-electron chi connectivity index (χ3n) is 4.02. The summed E-state index contributed by atoms with van der Waals surface area (Å²) in [5, 5.41) is 10.9. The van der Waals surface area contributed by atoms with E-state index in [0.717, 1.165) is 0 Å². The maximum atomic E-state index is 14.7. The molecule has 0 bridgehead atoms. The minimum absolute atomic E-state index is 0.0588. The van der Waals surface area contributed by atoms with Gasteiger partial charge in [-0.25, -0.2) is 8.91 Å². The van der Waals surface area contributed by atoms with Gasteiger partial charge in [-0.2, -0.15) is 10.1 Å². The second kappa shape index (κ2) is 7.47. The summed E-state index contributed by atoms with van der Waals surface area (Å²) < 4.78 is 23.0. The second-order valence-electron chi connectivity index (χ2n) is 5.96. The van der Waals surface area contributed by atoms with E-state index in [2.05, 4.69) is 20.5 Å². The van der Waals surface area contributed by atoms with Crippen LogP contribution in [0.4, 0.5) is 10.3 Å². The first-order chi connectivity index (χ1) is 13.6. The van der Waals surface area contributed by atoms with Crippen LogP contribution in [0.2, 0.25) is 0 Å². The number of hydrogen-bond donors (Lipinski definition) is 1. The molecule has 3 aromatic heterocycles. The Hall–Kier alpha value is -3.75. The Bertz CT molecular complexity index is 1120. The van der Waals surface area contributed by atoms with Crippen molar-refractivity contribution in [2.24, 2.45) is 0 Å². The van der Waals surface area contributed by atoms with Crippen LogP contribution in [-0.2, 0) is 11.3 Å². The molecule has 0 fully saturated rings. The van der Waals surface area contributed by atoms with E-state index in [1.54, 1.807) is 61.9 Å². The molecule has 3 heterocycles. The molecule has 0 aliphatic rings. The number of amides is 1. The van der Waals surface area contributed by atoms with E-state index in [1.165, 1.54) is 9.20 Å². The van der Waals surface area contributed by atoms with Gasteiger partial charge in [0.2, 0.25) is 11.9 Å². The Morgan fingerprint density at radius 2 is 2.14 bits per heavy atom. The maximum Gasteiger partial charge on any atom is 0.249 e. The Labute approximate surface area is 159 Å². The molecule has 0 radical (unpaired) electrons. The zero-order valence-corrected chi connectivity index (χ0v) is 15.0. The fraction of sp³-hybridized carbons (Fsp3) is 0.158. The summed E-state index contributed by atoms with van der Waals surface area (Å²) in [7, 11) is 0. The van der Waals surface area contributed by atoms with Gasteiger partial charge in [0, 0.05) is 29.7 Å². The number of nitrogens with zero attached hydrogens (tertiary/aromatic N) is 5. The van der Waals surface area contributed by atoms with Gasteiger partial charge in [-0.1, -0.05) is 12.1 Å². The first kappa shape index (κ1) is 17.7. The zero-order valence-electron chi connectivity index (χ0n) is 15.0. The van der Waals surface area contributed by atoms with E-state index in [0.29, 0.717) is 23.4 Å². The highest BCUT2D eigenvalue weighted by atomic mass is 19.1. The molecule has 0 saturated carbocycles. The van der Waals surface area contributed by atoms with Crippen molar-refractivity contribution in [2.75, 3.05) is 11.9 Å². The molecule has 142 valence electrons. The lowest BCUT2D eigenvalue weighted by Crippen LogP contribution is -2.19. The van der Waals surface area contributed by atoms with E-state index in [9.17, 15) is 9.18 Å². The van der Waals surface area contributed by atoms with Crippen LogP contribution in [0.3, 0.4) is 0 Å². The summed E-state index contributed by atoms with van der Waals surface area (Å²) >= 11 is 0. The van der Waals surface area contributed by atoms with Gasteiger partial charge in [0.1, 0.15) is 6.54 Å². The Balaban J connectivity index is 1.58. The van der Waals surface area contributed by atoms with E-state index < -0.39 is 5.82 Å². The highest BCUT2D eigenvalue weighted by molar-refractivity contribution is 5.88. The molecule has 0 saturated heterocycles. The highest BCUT2D eigenvalue weighted by Gasteiger charge is 2.13. The first-order valence-corrected chi connectivity index (χ1v) is 8.69. The number of carbonyl (C=O) groups is 1. The van der Waals surface area contributed by atoms with Crippen LogP contribution in [0.5, 0.6) is 5.75 Å². The third kappa shape index (κ3) is 3.54. The predicted octanol–water partition coefficient (Wildman–Crippen LogP) is 2.77. The molecule has 9 heteroatoms. The Morgan fingerprint density at radius 1 is 1.25 bits per heavy atom. The minimum Gasteiger partial charge on any atom is -0.491 e. The summed E-state index contributed by atoms with van der Waals surface area (Å²) in [6, 6.07) is 10.2. The summed E-state index contributed by atoms with van der Waals surface area (Å²) in [5.74, 6) is -0.366. The summed E-state index contributed by atoms with van der Waals surface area (Å²) in [6.07, 6.45) is 4.94. The summed E-state index contributed by atoms with van der Waals surface area (Å²) in [6.45, 7) is 2.24. The molecule has 28 heavy (non-hydrogen) atoms. The Morgan fingerprint density at radius 3 is 2.93 bits per heavy atom. The van der Waals surface area contributed by atoms with Crippen molar-refractivity contribution < 1.29 is 13.9 Å². The molecule has 1 amide bonds. The van der Waals surface area contributed by atoms with Gasteiger partial charge in [-0.15, -0.1) is 5.10 Å². The van der Waals surface area contributed by atoms with Crippen molar-refractivity contribution in [3.8, 4) is 16.9 Å². The molecule has 4 aromatic rings. The Kier molecular flexibility index (Phi) is 4.71. The molecule has 0 aliphatic heterocycles. The highest BCUT2D eigenvalue weighted by Crippen LogP contribution is 2.29. The average molecular weight is 380 g/mol. The van der Waals surface area contributed by atoms with Crippen LogP contribution >= 0.6 is 0 Å². The number of hydrogen-bond acceptors (Lipinski definition) is 5. The van der Waals surface area contributed by atoms with Gasteiger partial charge >= 0.3 is 0 Å². The SMILES string of the molecule is CCOc1cccc(-c2ccc3nc(NC(=O)Cn4cccn4)nn3c2)c1F. The molecule has 1 N–H and O–H groups in total. The van der Waals surface area contributed by atoms with Crippen LogP contribution in [-0.4, -0.2) is 36.9 Å². The predicted molar refractivity (Wildman–Crippen MR) is 100 cm³/mol. The third-order valence-corrected chi connectivity index (χ3v) is 4.02. The van der Waals surface area contributed by atoms with Gasteiger partial charge < -0.3 is 4.74 Å². The van der Waals surface area contributed by atoms with Crippen molar-refractivity contribution in [3.05, 3.63) is 60.8 Å². The fourth-order valence-electron chi connectivity index (χ4n) is 2.80. The number of anilines is 1. The van der Waals surface area contributed by atoms with Gasteiger partial charge in [0.15, 0.2) is 17.2 Å². The molecule has 8 nitrogen and oxygen atoms in total. The number of nitrogens with one attached hydrogen (secondary N) is 1. The normalized spacial score (nSPS) is 10.9. The van der Waals surface area contributed by atoms with E-state index >= 15 is 0 Å². The van der Waals surface area contributed by atoms with Gasteiger partial charge in [-0.3, -0.25) is 14.8 Å². The molecule has 0 aliphatic carbocycles. The van der Waals surface area contributed by atoms with Crippen LogP contribution in [0.25, 0.3) is 16.8 Å². The van der Waals surface area contributed by atoms with Gasteiger partial charge in [-0.05, 0) is 31.2 Å². The molecular formula is C19H17FN6O2. The van der Waals surface area contributed by atoms with Crippen LogP contribution in [0.15, 0.2) is 55.0 Å². The fourth-order valence-corrected chi connectivity index (χ4v) is 2.80. The van der Waals surface area contributed by atoms with Crippen LogP contribution in [0, 0.1) is 5.82 Å². The summed E-state index contributed by atoms with van der Waals surface area (Å²) in [4.78, 5) is 16.3. The minimum atomic E-state index is -0.434. The van der Waals surface area contributed by atoms with E-state index in [-0.39, 0.29) is 24.1 Å². The van der Waals surface area contributed by atoms with Gasteiger partial charge in [0.05, 0.1) is 6.61 Å². The van der Waals surface area contributed by atoms with Crippen LogP contribution < -0.4 is 10.1 Å². The van der Waals surface area contributed by atoms with Crippen LogP contribution in [0.1, 0.15) is 6.92 Å². The molecule has 4 rings (SSSR count). The second-order valence-corrected chi connectivity index (χ2v) is 5.96. The number of benzene rings is 1. The topological polar surface area (TPSA) is 86.3 Å². The van der Waals surface area contributed by atoms with Gasteiger partial charge in [0.25, 0.3) is 0 Å². The lowest BCUT2D eigenvalue weighted by molar-refractivity contribution is -0.116. The number of rotatable bonds is 6. The number of halogens is 1. The lowest BCUT2D eigenvalue weighted by atomic mass is 10.1.